The van der Waals surface area contributed by atoms with Crippen LogP contribution in [0.4, 0.5) is 0 Å². The van der Waals surface area contributed by atoms with Crippen LogP contribution in [0.1, 0.15) is 84.0 Å². The van der Waals surface area contributed by atoms with Crippen LogP contribution in [0.25, 0.3) is 0 Å². The van der Waals surface area contributed by atoms with Crippen molar-refractivity contribution < 1.29 is 9.53 Å². The molecule has 2 nitrogen and oxygen atoms in total. The Balaban J connectivity index is 3.18. The maximum absolute atomic E-state index is 10.8. The van der Waals surface area contributed by atoms with Crippen molar-refractivity contribution in [3.8, 4) is 0 Å². The van der Waals surface area contributed by atoms with E-state index in [1.807, 2.05) is 6.08 Å². The first-order chi connectivity index (χ1) is 10.3. The molecule has 0 aliphatic rings. The topological polar surface area (TPSA) is 26.3 Å². The number of carbonyl (C=O) groups excluding carboxylic acids is 1. The molecule has 21 heavy (non-hydrogen) atoms. The number of rotatable bonds is 14. The largest absolute Gasteiger partial charge is 0.466 e. The maximum Gasteiger partial charge on any atom is 0.330 e. The van der Waals surface area contributed by atoms with Crippen molar-refractivity contribution in [2.24, 2.45) is 0 Å². The molecular formula is C19H34O2. The zero-order chi connectivity index (χ0) is 15.6. The van der Waals surface area contributed by atoms with Crippen molar-refractivity contribution >= 4 is 5.97 Å². The van der Waals surface area contributed by atoms with E-state index in [0.717, 1.165) is 12.8 Å². The van der Waals surface area contributed by atoms with Gasteiger partial charge in [-0.05, 0) is 19.3 Å². The standard InChI is InChI=1S/C19H34O2/c1-3-4-5-6-7-8-9-10-11-12-13-14-15-16-17-18-19(20)21-2/h14-15,17-18H,3-13,16H2,1-2H3/b15-14+,18-17+. The first-order valence-electron chi connectivity index (χ1n) is 8.70. The summed E-state index contributed by atoms with van der Waals surface area (Å²) in [6.45, 7) is 2.27. The molecule has 0 fully saturated rings. The third kappa shape index (κ3) is 16.9. The Morgan fingerprint density at radius 3 is 1.95 bits per heavy atom. The summed E-state index contributed by atoms with van der Waals surface area (Å²) in [4.78, 5) is 10.8. The van der Waals surface area contributed by atoms with Gasteiger partial charge < -0.3 is 4.74 Å². The van der Waals surface area contributed by atoms with Crippen molar-refractivity contribution in [3.63, 3.8) is 0 Å². The van der Waals surface area contributed by atoms with Crippen LogP contribution in [-0.4, -0.2) is 13.1 Å². The second-order valence-corrected chi connectivity index (χ2v) is 5.60. The highest BCUT2D eigenvalue weighted by molar-refractivity contribution is 5.81. The first kappa shape index (κ1) is 19.9. The van der Waals surface area contributed by atoms with Gasteiger partial charge in [0.05, 0.1) is 7.11 Å². The molecule has 0 heterocycles. The molecule has 0 saturated heterocycles. The molecule has 0 radical (unpaired) electrons. The molecule has 0 saturated carbocycles. The maximum atomic E-state index is 10.8. The lowest BCUT2D eigenvalue weighted by Crippen LogP contribution is -1.92. The van der Waals surface area contributed by atoms with E-state index in [0.29, 0.717) is 0 Å². The minimum Gasteiger partial charge on any atom is -0.466 e. The summed E-state index contributed by atoms with van der Waals surface area (Å²) in [7, 11) is 1.40. The summed E-state index contributed by atoms with van der Waals surface area (Å²) in [5.41, 5.74) is 0. The fraction of sp³-hybridized carbons (Fsp3) is 0.737. The predicted molar refractivity (Wildman–Crippen MR) is 91.4 cm³/mol. The summed E-state index contributed by atoms with van der Waals surface area (Å²) in [6.07, 6.45) is 23.4. The van der Waals surface area contributed by atoms with Gasteiger partial charge >= 0.3 is 5.97 Å². The van der Waals surface area contributed by atoms with Crippen LogP contribution in [-0.2, 0) is 9.53 Å². The monoisotopic (exact) mass is 294 g/mol. The molecule has 2 heteroatoms. The van der Waals surface area contributed by atoms with Gasteiger partial charge in [0, 0.05) is 6.08 Å². The Morgan fingerprint density at radius 1 is 0.810 bits per heavy atom. The fourth-order valence-electron chi connectivity index (χ4n) is 2.27. The molecule has 0 rings (SSSR count). The SMILES string of the molecule is CCCCCCCCCCCC/C=C/C/C=C/C(=O)OC. The van der Waals surface area contributed by atoms with Crippen molar-refractivity contribution in [3.05, 3.63) is 24.3 Å². The third-order valence-electron chi connectivity index (χ3n) is 3.62. The summed E-state index contributed by atoms with van der Waals surface area (Å²) in [5.74, 6) is -0.280. The van der Waals surface area contributed by atoms with E-state index in [2.05, 4.69) is 23.8 Å². The predicted octanol–water partition coefficient (Wildman–Crippen LogP) is 5.97. The van der Waals surface area contributed by atoms with Crippen LogP contribution in [0, 0.1) is 0 Å². The number of methoxy groups -OCH3 is 1. The van der Waals surface area contributed by atoms with Gasteiger partial charge in [0.15, 0.2) is 0 Å². The minimum absolute atomic E-state index is 0.280. The van der Waals surface area contributed by atoms with Crippen LogP contribution >= 0.6 is 0 Å². The van der Waals surface area contributed by atoms with Crippen molar-refractivity contribution in [2.45, 2.75) is 84.0 Å². The van der Waals surface area contributed by atoms with Crippen LogP contribution in [0.3, 0.4) is 0 Å². The molecule has 0 unspecified atom stereocenters. The average molecular weight is 294 g/mol. The Kier molecular flexibility index (Phi) is 16.2. The van der Waals surface area contributed by atoms with Crippen molar-refractivity contribution in [2.75, 3.05) is 7.11 Å². The molecule has 0 amide bonds. The lowest BCUT2D eigenvalue weighted by atomic mass is 10.1. The highest BCUT2D eigenvalue weighted by Gasteiger charge is 1.92. The van der Waals surface area contributed by atoms with Crippen LogP contribution < -0.4 is 0 Å². The van der Waals surface area contributed by atoms with E-state index in [4.69, 9.17) is 0 Å². The van der Waals surface area contributed by atoms with Gasteiger partial charge in [0.1, 0.15) is 0 Å². The van der Waals surface area contributed by atoms with Crippen LogP contribution in [0.15, 0.2) is 24.3 Å². The number of esters is 1. The number of unbranched alkanes of at least 4 members (excludes halogenated alkanes) is 10. The molecule has 0 atom stereocenters. The fourth-order valence-corrected chi connectivity index (χ4v) is 2.27. The van der Waals surface area contributed by atoms with E-state index >= 15 is 0 Å². The lowest BCUT2D eigenvalue weighted by molar-refractivity contribution is -0.134. The molecule has 0 aromatic carbocycles. The summed E-state index contributed by atoms with van der Waals surface area (Å²) in [5, 5.41) is 0. The summed E-state index contributed by atoms with van der Waals surface area (Å²) in [6, 6.07) is 0. The Bertz CT molecular complexity index is 279. The smallest absolute Gasteiger partial charge is 0.330 e. The number of ether oxygens (including phenoxy) is 1. The van der Waals surface area contributed by atoms with Gasteiger partial charge in [-0.3, -0.25) is 0 Å². The molecule has 0 aliphatic carbocycles. The van der Waals surface area contributed by atoms with Crippen LogP contribution in [0.5, 0.6) is 0 Å². The lowest BCUT2D eigenvalue weighted by Gasteiger charge is -2.01. The second kappa shape index (κ2) is 17.0. The number of allylic oxidation sites excluding steroid dienone is 3. The van der Waals surface area contributed by atoms with Crippen molar-refractivity contribution in [1.82, 2.24) is 0 Å². The van der Waals surface area contributed by atoms with Gasteiger partial charge in [-0.15, -0.1) is 0 Å². The zero-order valence-corrected chi connectivity index (χ0v) is 14.1. The van der Waals surface area contributed by atoms with E-state index in [1.54, 1.807) is 0 Å². The Hall–Kier alpha value is -1.05. The molecule has 0 aromatic heterocycles. The Labute approximate surface area is 131 Å². The van der Waals surface area contributed by atoms with Crippen LogP contribution in [0.2, 0.25) is 0 Å². The highest BCUT2D eigenvalue weighted by Crippen LogP contribution is 2.11. The highest BCUT2D eigenvalue weighted by atomic mass is 16.5. The number of hydrogen-bond acceptors (Lipinski definition) is 2. The number of carbonyl (C=O) groups is 1. The average Bonchev–Trinajstić information content (AvgIpc) is 2.50. The molecule has 122 valence electrons. The van der Waals surface area contributed by atoms with E-state index in [1.165, 1.54) is 77.4 Å². The minimum atomic E-state index is -0.280. The van der Waals surface area contributed by atoms with Gasteiger partial charge in [-0.25, -0.2) is 4.79 Å². The van der Waals surface area contributed by atoms with E-state index in [-0.39, 0.29) is 5.97 Å². The number of hydrogen-bond donors (Lipinski definition) is 0. The zero-order valence-electron chi connectivity index (χ0n) is 14.1. The first-order valence-corrected chi connectivity index (χ1v) is 8.70. The van der Waals surface area contributed by atoms with Gasteiger partial charge in [0.25, 0.3) is 0 Å². The van der Waals surface area contributed by atoms with E-state index < -0.39 is 0 Å². The Morgan fingerprint density at radius 2 is 1.38 bits per heavy atom. The molecule has 0 aliphatic heterocycles. The molecule has 0 N–H and O–H groups in total. The van der Waals surface area contributed by atoms with Gasteiger partial charge in [0.2, 0.25) is 0 Å². The third-order valence-corrected chi connectivity index (χ3v) is 3.62. The van der Waals surface area contributed by atoms with Crippen molar-refractivity contribution in [1.29, 1.82) is 0 Å². The summed E-state index contributed by atoms with van der Waals surface area (Å²) < 4.78 is 4.52. The second-order valence-electron chi connectivity index (χ2n) is 5.60. The molecule has 0 aromatic rings. The quantitative estimate of drug-likeness (QED) is 0.171. The normalized spacial score (nSPS) is 11.5. The molecular weight excluding hydrogens is 260 g/mol. The van der Waals surface area contributed by atoms with E-state index in [9.17, 15) is 4.79 Å². The molecule has 0 bridgehead atoms. The molecule has 0 spiro atoms. The van der Waals surface area contributed by atoms with Gasteiger partial charge in [-0.2, -0.15) is 0 Å². The van der Waals surface area contributed by atoms with Gasteiger partial charge in [-0.1, -0.05) is 82.9 Å². The summed E-state index contributed by atoms with van der Waals surface area (Å²) >= 11 is 0.